The van der Waals surface area contributed by atoms with E-state index < -0.39 is 5.60 Å². The van der Waals surface area contributed by atoms with Gasteiger partial charge in [0.1, 0.15) is 11.5 Å². The molecule has 2 heterocycles. The molecule has 1 spiro atoms. The minimum absolute atomic E-state index is 0.242. The summed E-state index contributed by atoms with van der Waals surface area (Å²) in [5, 5.41) is 0. The standard InChI is InChI=1S/C25H22O3/c1-2-3-4-10-17-11-9-14-20-23(17)24(26)28-25(20)18-12-5-7-15-21(18)27-22-16-8-6-13-19(22)25/h5-9,11-16H,2-4,10H2,1H3. The van der Waals surface area contributed by atoms with Crippen LogP contribution in [0.15, 0.2) is 66.7 Å². The monoisotopic (exact) mass is 370 g/mol. The highest BCUT2D eigenvalue weighted by Crippen LogP contribution is 2.56. The van der Waals surface area contributed by atoms with Gasteiger partial charge in [0.2, 0.25) is 0 Å². The van der Waals surface area contributed by atoms with Gasteiger partial charge in [-0.1, -0.05) is 74.4 Å². The third-order valence-electron chi connectivity index (χ3n) is 5.78. The first-order valence-corrected chi connectivity index (χ1v) is 9.98. The van der Waals surface area contributed by atoms with Crippen molar-refractivity contribution in [3.05, 3.63) is 94.5 Å². The SMILES string of the molecule is CCCCCc1cccc2c1C(=O)OC21c2ccccc2Oc2ccccc21. The van der Waals surface area contributed by atoms with Crippen LogP contribution in [0.4, 0.5) is 0 Å². The molecule has 0 unspecified atom stereocenters. The van der Waals surface area contributed by atoms with Gasteiger partial charge < -0.3 is 9.47 Å². The number of rotatable bonds is 4. The normalized spacial score (nSPS) is 15.4. The van der Waals surface area contributed by atoms with Crippen molar-refractivity contribution in [2.24, 2.45) is 0 Å². The molecule has 0 aromatic heterocycles. The molecule has 140 valence electrons. The summed E-state index contributed by atoms with van der Waals surface area (Å²) in [6, 6.07) is 21.8. The van der Waals surface area contributed by atoms with E-state index in [1.54, 1.807) is 0 Å². The van der Waals surface area contributed by atoms with Crippen molar-refractivity contribution >= 4 is 5.97 Å². The average Bonchev–Trinajstić information content (AvgIpc) is 3.03. The van der Waals surface area contributed by atoms with Gasteiger partial charge in [0.15, 0.2) is 5.60 Å². The molecule has 0 fully saturated rings. The number of hydrogen-bond donors (Lipinski definition) is 0. The molecular weight excluding hydrogens is 348 g/mol. The van der Waals surface area contributed by atoms with Gasteiger partial charge in [0.25, 0.3) is 0 Å². The summed E-state index contributed by atoms with van der Waals surface area (Å²) in [6.45, 7) is 2.19. The fraction of sp³-hybridized carbons (Fsp3) is 0.240. The third kappa shape index (κ3) is 2.32. The molecule has 0 atom stereocenters. The molecule has 0 amide bonds. The smallest absolute Gasteiger partial charge is 0.340 e. The molecule has 3 nitrogen and oxygen atoms in total. The summed E-state index contributed by atoms with van der Waals surface area (Å²) < 4.78 is 12.4. The Bertz CT molecular complexity index is 1020. The van der Waals surface area contributed by atoms with Gasteiger partial charge in [0.05, 0.1) is 5.56 Å². The fourth-order valence-corrected chi connectivity index (χ4v) is 4.51. The molecule has 0 N–H and O–H groups in total. The Morgan fingerprint density at radius 1 is 0.786 bits per heavy atom. The zero-order chi connectivity index (χ0) is 19.1. The summed E-state index contributed by atoms with van der Waals surface area (Å²) in [7, 11) is 0. The lowest BCUT2D eigenvalue weighted by Gasteiger charge is -2.36. The summed E-state index contributed by atoms with van der Waals surface area (Å²) >= 11 is 0. The molecule has 0 aliphatic carbocycles. The van der Waals surface area contributed by atoms with Crippen LogP contribution in [0.1, 0.15) is 58.8 Å². The average molecular weight is 370 g/mol. The molecule has 0 radical (unpaired) electrons. The summed E-state index contributed by atoms with van der Waals surface area (Å²) in [4.78, 5) is 13.1. The topological polar surface area (TPSA) is 35.5 Å². The third-order valence-corrected chi connectivity index (χ3v) is 5.78. The highest BCUT2D eigenvalue weighted by molar-refractivity contribution is 5.98. The highest BCUT2D eigenvalue weighted by atomic mass is 16.6. The van der Waals surface area contributed by atoms with Gasteiger partial charge in [-0.05, 0) is 30.5 Å². The van der Waals surface area contributed by atoms with E-state index in [4.69, 9.17) is 9.47 Å². The number of unbranched alkanes of at least 4 members (excludes halogenated alkanes) is 2. The second kappa shape index (κ2) is 6.52. The van der Waals surface area contributed by atoms with Crippen LogP contribution in [-0.2, 0) is 16.8 Å². The lowest BCUT2D eigenvalue weighted by molar-refractivity contribution is 0.0224. The number of carbonyl (C=O) groups is 1. The summed E-state index contributed by atoms with van der Waals surface area (Å²) in [6.07, 6.45) is 4.27. The molecule has 5 rings (SSSR count). The Labute approximate surface area is 164 Å². The van der Waals surface area contributed by atoms with Gasteiger partial charge in [-0.3, -0.25) is 0 Å². The van der Waals surface area contributed by atoms with Crippen molar-refractivity contribution in [2.45, 2.75) is 38.2 Å². The number of esters is 1. The lowest BCUT2D eigenvalue weighted by Crippen LogP contribution is -2.32. The number of ether oxygens (including phenoxy) is 2. The first kappa shape index (κ1) is 17.1. The predicted molar refractivity (Wildman–Crippen MR) is 108 cm³/mol. The minimum Gasteiger partial charge on any atom is -0.456 e. The van der Waals surface area contributed by atoms with E-state index in [0.29, 0.717) is 0 Å². The van der Waals surface area contributed by atoms with Crippen molar-refractivity contribution in [2.75, 3.05) is 0 Å². The van der Waals surface area contributed by atoms with Gasteiger partial charge in [0, 0.05) is 16.7 Å². The van der Waals surface area contributed by atoms with E-state index in [-0.39, 0.29) is 5.97 Å². The molecule has 3 aromatic rings. The second-order valence-electron chi connectivity index (χ2n) is 7.46. The molecule has 2 aliphatic heterocycles. The largest absolute Gasteiger partial charge is 0.456 e. The number of hydrogen-bond acceptors (Lipinski definition) is 3. The fourth-order valence-electron chi connectivity index (χ4n) is 4.51. The molecule has 3 aromatic carbocycles. The number of aryl methyl sites for hydroxylation is 1. The number of carbonyl (C=O) groups excluding carboxylic acids is 1. The van der Waals surface area contributed by atoms with Crippen molar-refractivity contribution in [1.82, 2.24) is 0 Å². The van der Waals surface area contributed by atoms with Gasteiger partial charge in [-0.15, -0.1) is 0 Å². The molecule has 2 aliphatic rings. The molecule has 0 saturated heterocycles. The van der Waals surface area contributed by atoms with Crippen LogP contribution in [0.25, 0.3) is 0 Å². The van der Waals surface area contributed by atoms with Gasteiger partial charge in [-0.2, -0.15) is 0 Å². The van der Waals surface area contributed by atoms with Gasteiger partial charge in [-0.25, -0.2) is 4.79 Å². The van der Waals surface area contributed by atoms with Crippen LogP contribution >= 0.6 is 0 Å². The maximum absolute atomic E-state index is 13.1. The van der Waals surface area contributed by atoms with E-state index in [2.05, 4.69) is 13.0 Å². The van der Waals surface area contributed by atoms with Crippen molar-refractivity contribution in [3.8, 4) is 11.5 Å². The zero-order valence-corrected chi connectivity index (χ0v) is 15.9. The van der Waals surface area contributed by atoms with Crippen LogP contribution in [0.3, 0.4) is 0 Å². The number of fused-ring (bicyclic) bond motifs is 6. The van der Waals surface area contributed by atoms with Crippen LogP contribution in [-0.4, -0.2) is 5.97 Å². The number of benzene rings is 3. The van der Waals surface area contributed by atoms with Crippen LogP contribution in [0.2, 0.25) is 0 Å². The second-order valence-corrected chi connectivity index (χ2v) is 7.46. The number of para-hydroxylation sites is 2. The van der Waals surface area contributed by atoms with E-state index in [0.717, 1.165) is 65.0 Å². The van der Waals surface area contributed by atoms with Crippen LogP contribution < -0.4 is 4.74 Å². The zero-order valence-electron chi connectivity index (χ0n) is 15.9. The quantitative estimate of drug-likeness (QED) is 0.418. The Morgan fingerprint density at radius 2 is 1.43 bits per heavy atom. The van der Waals surface area contributed by atoms with E-state index in [1.165, 1.54) is 0 Å². The maximum atomic E-state index is 13.1. The van der Waals surface area contributed by atoms with E-state index >= 15 is 0 Å². The maximum Gasteiger partial charge on any atom is 0.340 e. The van der Waals surface area contributed by atoms with E-state index in [1.807, 2.05) is 60.7 Å². The van der Waals surface area contributed by atoms with Crippen molar-refractivity contribution in [3.63, 3.8) is 0 Å². The first-order chi connectivity index (χ1) is 13.8. The Hall–Kier alpha value is -3.07. The van der Waals surface area contributed by atoms with Crippen molar-refractivity contribution in [1.29, 1.82) is 0 Å². The lowest BCUT2D eigenvalue weighted by atomic mass is 9.77. The van der Waals surface area contributed by atoms with E-state index in [9.17, 15) is 4.79 Å². The molecule has 3 heteroatoms. The van der Waals surface area contributed by atoms with Crippen LogP contribution in [0.5, 0.6) is 11.5 Å². The van der Waals surface area contributed by atoms with Crippen LogP contribution in [0, 0.1) is 0 Å². The van der Waals surface area contributed by atoms with Crippen molar-refractivity contribution < 1.29 is 14.3 Å². The molecular formula is C25H22O3. The summed E-state index contributed by atoms with van der Waals surface area (Å²) in [5.41, 5.74) is 3.55. The molecule has 0 saturated carbocycles. The Morgan fingerprint density at radius 3 is 2.11 bits per heavy atom. The highest BCUT2D eigenvalue weighted by Gasteiger charge is 2.53. The molecule has 28 heavy (non-hydrogen) atoms. The summed E-state index contributed by atoms with van der Waals surface area (Å²) in [5.74, 6) is 1.23. The Kier molecular flexibility index (Phi) is 3.97. The molecule has 0 bridgehead atoms. The first-order valence-electron chi connectivity index (χ1n) is 9.98. The Balaban J connectivity index is 1.76. The van der Waals surface area contributed by atoms with Gasteiger partial charge >= 0.3 is 5.97 Å². The predicted octanol–water partition coefficient (Wildman–Crippen LogP) is 5.99. The minimum atomic E-state index is -0.946.